The summed E-state index contributed by atoms with van der Waals surface area (Å²) in [7, 11) is 0. The number of nitro benzene ring substituents is 1. The van der Waals surface area contributed by atoms with Crippen molar-refractivity contribution in [1.82, 2.24) is 19.7 Å². The summed E-state index contributed by atoms with van der Waals surface area (Å²) in [4.78, 5) is 26.9. The van der Waals surface area contributed by atoms with Crippen LogP contribution in [0.25, 0.3) is 11.5 Å². The molecular formula is C18H15ClN6O3S. The van der Waals surface area contributed by atoms with Crippen molar-refractivity contribution in [2.24, 2.45) is 0 Å². The Balaban J connectivity index is 1.71. The van der Waals surface area contributed by atoms with Gasteiger partial charge < -0.3 is 5.32 Å². The number of rotatable bonds is 8. The lowest BCUT2D eigenvalue weighted by molar-refractivity contribution is -0.384. The van der Waals surface area contributed by atoms with Gasteiger partial charge in [-0.2, -0.15) is 0 Å². The van der Waals surface area contributed by atoms with Crippen molar-refractivity contribution in [2.45, 2.75) is 11.7 Å². The molecule has 2 aromatic heterocycles. The van der Waals surface area contributed by atoms with Gasteiger partial charge in [0.1, 0.15) is 10.7 Å². The molecule has 0 unspecified atom stereocenters. The molecule has 0 aliphatic heterocycles. The van der Waals surface area contributed by atoms with Gasteiger partial charge in [0.05, 0.1) is 10.7 Å². The zero-order valence-corrected chi connectivity index (χ0v) is 16.6. The molecule has 0 atom stereocenters. The first kappa shape index (κ1) is 20.5. The molecule has 2 heterocycles. The number of hydrogen-bond donors (Lipinski definition) is 1. The minimum Gasteiger partial charge on any atom is -0.325 e. The summed E-state index contributed by atoms with van der Waals surface area (Å²) in [5, 5.41) is 22.4. The van der Waals surface area contributed by atoms with Crippen LogP contribution in [0.1, 0.15) is 0 Å². The highest BCUT2D eigenvalue weighted by Gasteiger charge is 2.17. The summed E-state index contributed by atoms with van der Waals surface area (Å²) in [6.07, 6.45) is 3.36. The zero-order chi connectivity index (χ0) is 20.8. The van der Waals surface area contributed by atoms with E-state index in [4.69, 9.17) is 11.6 Å². The number of thioether (sulfide) groups is 1. The van der Waals surface area contributed by atoms with Crippen molar-refractivity contribution in [3.63, 3.8) is 0 Å². The molecule has 1 amide bonds. The average molecular weight is 431 g/mol. The van der Waals surface area contributed by atoms with Gasteiger partial charge in [0.15, 0.2) is 11.0 Å². The molecule has 1 aromatic carbocycles. The van der Waals surface area contributed by atoms with E-state index in [1.807, 2.05) is 12.1 Å². The van der Waals surface area contributed by atoms with Crippen LogP contribution in [0.2, 0.25) is 5.02 Å². The first-order chi connectivity index (χ1) is 14.0. The molecule has 0 spiro atoms. The maximum absolute atomic E-state index is 12.3. The van der Waals surface area contributed by atoms with Crippen LogP contribution < -0.4 is 5.32 Å². The summed E-state index contributed by atoms with van der Waals surface area (Å²) in [5.41, 5.74) is 0.669. The largest absolute Gasteiger partial charge is 0.325 e. The van der Waals surface area contributed by atoms with Gasteiger partial charge in [-0.15, -0.1) is 16.8 Å². The van der Waals surface area contributed by atoms with E-state index in [9.17, 15) is 14.9 Å². The molecule has 3 aromatic rings. The number of pyridine rings is 1. The predicted octanol–water partition coefficient (Wildman–Crippen LogP) is 3.82. The van der Waals surface area contributed by atoms with Crippen molar-refractivity contribution >= 4 is 40.6 Å². The van der Waals surface area contributed by atoms with Crippen molar-refractivity contribution in [3.8, 4) is 11.5 Å². The van der Waals surface area contributed by atoms with E-state index in [0.29, 0.717) is 23.2 Å². The minimum absolute atomic E-state index is 0.00181. The normalized spacial score (nSPS) is 10.5. The van der Waals surface area contributed by atoms with Crippen LogP contribution >= 0.6 is 23.4 Å². The number of benzene rings is 1. The maximum atomic E-state index is 12.3. The SMILES string of the molecule is C=CCn1c(SCC(=O)Nc2ccc(Cl)c([N+](=O)[O-])c2)nnc1-c1ccccn1. The summed E-state index contributed by atoms with van der Waals surface area (Å²) < 4.78 is 1.81. The third-order valence-corrected chi connectivity index (χ3v) is 4.97. The third-order valence-electron chi connectivity index (χ3n) is 3.68. The maximum Gasteiger partial charge on any atom is 0.289 e. The molecular weight excluding hydrogens is 416 g/mol. The van der Waals surface area contributed by atoms with E-state index >= 15 is 0 Å². The Morgan fingerprint density at radius 3 is 2.86 bits per heavy atom. The highest BCUT2D eigenvalue weighted by molar-refractivity contribution is 7.99. The Morgan fingerprint density at radius 1 is 1.34 bits per heavy atom. The number of amides is 1. The molecule has 9 nitrogen and oxygen atoms in total. The van der Waals surface area contributed by atoms with E-state index in [1.54, 1.807) is 22.9 Å². The number of anilines is 1. The van der Waals surface area contributed by atoms with Gasteiger partial charge in [-0.05, 0) is 24.3 Å². The van der Waals surface area contributed by atoms with Crippen molar-refractivity contribution in [2.75, 3.05) is 11.1 Å². The summed E-state index contributed by atoms with van der Waals surface area (Å²) >= 11 is 6.96. The first-order valence-electron chi connectivity index (χ1n) is 8.31. The Kier molecular flexibility index (Phi) is 6.57. The van der Waals surface area contributed by atoms with E-state index in [2.05, 4.69) is 27.1 Å². The van der Waals surface area contributed by atoms with Crippen LogP contribution in [0.15, 0.2) is 60.4 Å². The highest BCUT2D eigenvalue weighted by Crippen LogP contribution is 2.28. The molecule has 0 fully saturated rings. The van der Waals surface area contributed by atoms with Gasteiger partial charge in [0.2, 0.25) is 5.91 Å². The molecule has 29 heavy (non-hydrogen) atoms. The second-order valence-corrected chi connectivity index (χ2v) is 7.03. The summed E-state index contributed by atoms with van der Waals surface area (Å²) in [6, 6.07) is 9.54. The molecule has 0 saturated heterocycles. The number of hydrogen-bond acceptors (Lipinski definition) is 7. The smallest absolute Gasteiger partial charge is 0.289 e. The Bertz CT molecular complexity index is 1060. The second-order valence-electron chi connectivity index (χ2n) is 5.68. The van der Waals surface area contributed by atoms with Crippen LogP contribution in [-0.2, 0) is 11.3 Å². The van der Waals surface area contributed by atoms with Gasteiger partial charge in [-0.25, -0.2) is 0 Å². The molecule has 3 rings (SSSR count). The number of nitrogens with zero attached hydrogens (tertiary/aromatic N) is 5. The monoisotopic (exact) mass is 430 g/mol. The molecule has 11 heteroatoms. The topological polar surface area (TPSA) is 116 Å². The Morgan fingerprint density at radius 2 is 2.17 bits per heavy atom. The quantitative estimate of drug-likeness (QED) is 0.250. The average Bonchev–Trinajstić information content (AvgIpc) is 3.11. The number of halogens is 1. The number of allylic oxidation sites excluding steroid dienone is 1. The highest BCUT2D eigenvalue weighted by atomic mass is 35.5. The summed E-state index contributed by atoms with van der Waals surface area (Å²) in [5.74, 6) is 0.259. The van der Waals surface area contributed by atoms with Gasteiger partial charge in [0, 0.05) is 24.5 Å². The van der Waals surface area contributed by atoms with Crippen molar-refractivity contribution in [3.05, 3.63) is 70.4 Å². The fourth-order valence-electron chi connectivity index (χ4n) is 2.43. The fourth-order valence-corrected chi connectivity index (χ4v) is 3.37. The third kappa shape index (κ3) is 4.98. The molecule has 0 saturated carbocycles. The minimum atomic E-state index is -0.607. The molecule has 148 valence electrons. The first-order valence-corrected chi connectivity index (χ1v) is 9.68. The summed E-state index contributed by atoms with van der Waals surface area (Å²) in [6.45, 7) is 4.19. The van der Waals surface area contributed by atoms with Crippen LogP contribution in [-0.4, -0.2) is 36.3 Å². The van der Waals surface area contributed by atoms with Gasteiger partial charge in [-0.3, -0.25) is 24.5 Å². The number of nitro groups is 1. The van der Waals surface area contributed by atoms with Crippen molar-refractivity contribution in [1.29, 1.82) is 0 Å². The molecule has 0 bridgehead atoms. The Labute approximate surface area is 175 Å². The lowest BCUT2D eigenvalue weighted by Crippen LogP contribution is -2.15. The number of carbonyl (C=O) groups is 1. The van der Waals surface area contributed by atoms with Crippen LogP contribution in [0.5, 0.6) is 0 Å². The van der Waals surface area contributed by atoms with E-state index in [-0.39, 0.29) is 28.1 Å². The number of carbonyl (C=O) groups excluding carboxylic acids is 1. The van der Waals surface area contributed by atoms with E-state index in [1.165, 1.54) is 30.0 Å². The van der Waals surface area contributed by atoms with E-state index < -0.39 is 4.92 Å². The lowest BCUT2D eigenvalue weighted by atomic mass is 10.3. The Hall–Kier alpha value is -3.24. The van der Waals surface area contributed by atoms with Crippen LogP contribution in [0.4, 0.5) is 11.4 Å². The number of aromatic nitrogens is 4. The lowest BCUT2D eigenvalue weighted by Gasteiger charge is -2.08. The molecule has 0 aliphatic carbocycles. The van der Waals surface area contributed by atoms with Gasteiger partial charge in [-0.1, -0.05) is 35.5 Å². The number of nitrogens with one attached hydrogen (secondary N) is 1. The van der Waals surface area contributed by atoms with Crippen LogP contribution in [0.3, 0.4) is 0 Å². The fraction of sp³-hybridized carbons (Fsp3) is 0.111. The second kappa shape index (κ2) is 9.30. The standard InChI is InChI=1S/C18H15ClN6O3S/c1-2-9-24-17(14-5-3-4-8-20-14)22-23-18(24)29-11-16(26)21-12-6-7-13(19)15(10-12)25(27)28/h2-8,10H,1,9,11H2,(H,21,26). The predicted molar refractivity (Wildman–Crippen MR) is 111 cm³/mol. The van der Waals surface area contributed by atoms with Crippen molar-refractivity contribution < 1.29 is 9.72 Å². The van der Waals surface area contributed by atoms with Crippen LogP contribution in [0, 0.1) is 10.1 Å². The van der Waals surface area contributed by atoms with Gasteiger partial charge >= 0.3 is 0 Å². The molecule has 0 radical (unpaired) electrons. The molecule has 1 N–H and O–H groups in total. The van der Waals surface area contributed by atoms with E-state index in [0.717, 1.165) is 0 Å². The zero-order valence-electron chi connectivity index (χ0n) is 15.0. The van der Waals surface area contributed by atoms with Gasteiger partial charge in [0.25, 0.3) is 5.69 Å². The molecule has 0 aliphatic rings.